The highest BCUT2D eigenvalue weighted by molar-refractivity contribution is 5.81. The smallest absolute Gasteiger partial charge is 0.00916 e. The van der Waals surface area contributed by atoms with Gasteiger partial charge in [0, 0.05) is 5.71 Å². The zero-order chi connectivity index (χ0) is 8.15. The molecule has 1 heteroatoms. The van der Waals surface area contributed by atoms with E-state index in [0.29, 0.717) is 11.8 Å². The summed E-state index contributed by atoms with van der Waals surface area (Å²) in [5.41, 5.74) is 0.844. The normalized spacial score (nSPS) is 16.4. The van der Waals surface area contributed by atoms with Gasteiger partial charge in [0.1, 0.15) is 0 Å². The second kappa shape index (κ2) is 4.48. The fourth-order valence-corrected chi connectivity index (χ4v) is 1.42. The lowest BCUT2D eigenvalue weighted by molar-refractivity contribution is 0.427. The number of hydrogen-bond acceptors (Lipinski definition) is 1. The average molecular weight is 141 g/mol. The van der Waals surface area contributed by atoms with Crippen molar-refractivity contribution in [1.82, 2.24) is 0 Å². The Kier molecular flexibility index (Phi) is 4.33. The monoisotopic (exact) mass is 141 g/mol. The lowest BCUT2D eigenvalue weighted by Gasteiger charge is -2.19. The first-order chi connectivity index (χ1) is 4.63. The van der Waals surface area contributed by atoms with Crippen LogP contribution in [0.15, 0.2) is 0 Å². The van der Waals surface area contributed by atoms with Crippen molar-refractivity contribution in [2.45, 2.75) is 40.5 Å². The molecule has 10 heavy (non-hydrogen) atoms. The van der Waals surface area contributed by atoms with Crippen LogP contribution in [0, 0.1) is 17.2 Å². The van der Waals surface area contributed by atoms with Crippen LogP contribution >= 0.6 is 0 Å². The minimum Gasteiger partial charge on any atom is -0.310 e. The maximum atomic E-state index is 7.49. The third kappa shape index (κ3) is 2.51. The van der Waals surface area contributed by atoms with E-state index in [9.17, 15) is 0 Å². The summed E-state index contributed by atoms with van der Waals surface area (Å²) in [7, 11) is 0. The molecule has 1 nitrogen and oxygen atoms in total. The summed E-state index contributed by atoms with van der Waals surface area (Å²) in [5.74, 6) is 1.20. The van der Waals surface area contributed by atoms with E-state index in [1.165, 1.54) is 6.42 Å². The van der Waals surface area contributed by atoms with Crippen molar-refractivity contribution < 1.29 is 0 Å². The lowest BCUT2D eigenvalue weighted by atomic mass is 9.86. The molecule has 0 aliphatic heterocycles. The fourth-order valence-electron chi connectivity index (χ4n) is 1.42. The van der Waals surface area contributed by atoms with Crippen molar-refractivity contribution in [2.75, 3.05) is 0 Å². The topological polar surface area (TPSA) is 23.9 Å². The molecule has 1 N–H and O–H groups in total. The molecule has 0 saturated carbocycles. The van der Waals surface area contributed by atoms with Gasteiger partial charge in [-0.3, -0.25) is 0 Å². The van der Waals surface area contributed by atoms with Crippen LogP contribution in [0.3, 0.4) is 0 Å². The van der Waals surface area contributed by atoms with E-state index >= 15 is 0 Å². The maximum absolute atomic E-state index is 7.49. The molecule has 0 aliphatic carbocycles. The summed E-state index contributed by atoms with van der Waals surface area (Å²) < 4.78 is 0. The van der Waals surface area contributed by atoms with E-state index in [4.69, 9.17) is 5.41 Å². The molecule has 0 saturated heterocycles. The Morgan fingerprint density at radius 2 is 1.80 bits per heavy atom. The molecular formula is C9H19N. The summed E-state index contributed by atoms with van der Waals surface area (Å²) in [6.45, 7) is 8.50. The van der Waals surface area contributed by atoms with Crippen LogP contribution in [0.5, 0.6) is 0 Å². The van der Waals surface area contributed by atoms with Gasteiger partial charge in [0.05, 0.1) is 0 Å². The summed E-state index contributed by atoms with van der Waals surface area (Å²) in [5, 5.41) is 7.49. The Hall–Kier alpha value is -0.330. The molecule has 0 aromatic carbocycles. The summed E-state index contributed by atoms with van der Waals surface area (Å²) in [6, 6.07) is 0. The van der Waals surface area contributed by atoms with Crippen LogP contribution in [0.4, 0.5) is 0 Å². The van der Waals surface area contributed by atoms with Crippen molar-refractivity contribution >= 4 is 5.71 Å². The summed E-state index contributed by atoms with van der Waals surface area (Å²) in [4.78, 5) is 0. The van der Waals surface area contributed by atoms with Gasteiger partial charge < -0.3 is 5.41 Å². The summed E-state index contributed by atoms with van der Waals surface area (Å²) >= 11 is 0. The second-order valence-corrected chi connectivity index (χ2v) is 3.08. The molecule has 0 spiro atoms. The molecule has 0 radical (unpaired) electrons. The standard InChI is InChI=1S/C9H19N/c1-5-7(3)9(6-2)8(4)10/h7,9-10H,5-6H2,1-4H3/t7?,9-/m0/s1. The van der Waals surface area contributed by atoms with Crippen molar-refractivity contribution in [3.8, 4) is 0 Å². The van der Waals surface area contributed by atoms with Crippen molar-refractivity contribution in [3.05, 3.63) is 0 Å². The minimum absolute atomic E-state index is 0.519. The number of hydrogen-bond donors (Lipinski definition) is 1. The van der Waals surface area contributed by atoms with Crippen LogP contribution in [0.1, 0.15) is 40.5 Å². The van der Waals surface area contributed by atoms with Gasteiger partial charge in [-0.2, -0.15) is 0 Å². The third-order valence-corrected chi connectivity index (χ3v) is 2.33. The van der Waals surface area contributed by atoms with Gasteiger partial charge >= 0.3 is 0 Å². The van der Waals surface area contributed by atoms with Crippen LogP contribution in [-0.4, -0.2) is 5.71 Å². The first kappa shape index (κ1) is 9.67. The quantitative estimate of drug-likeness (QED) is 0.582. The van der Waals surface area contributed by atoms with Gasteiger partial charge in [-0.05, 0) is 25.2 Å². The highest BCUT2D eigenvalue weighted by atomic mass is 14.4. The predicted octanol–water partition coefficient (Wildman–Crippen LogP) is 3.10. The largest absolute Gasteiger partial charge is 0.310 e. The van der Waals surface area contributed by atoms with E-state index in [1.807, 2.05) is 6.92 Å². The first-order valence-corrected chi connectivity index (χ1v) is 4.18. The highest BCUT2D eigenvalue weighted by Crippen LogP contribution is 2.19. The Labute approximate surface area is 64.3 Å². The highest BCUT2D eigenvalue weighted by Gasteiger charge is 2.14. The van der Waals surface area contributed by atoms with Gasteiger partial charge in [0.15, 0.2) is 0 Å². The Bertz CT molecular complexity index is 107. The molecule has 0 heterocycles. The minimum atomic E-state index is 0.519. The molecule has 0 aromatic heterocycles. The SMILES string of the molecule is CCC(C)[C@H](CC)C(C)=N. The molecule has 1 unspecified atom stereocenters. The van der Waals surface area contributed by atoms with E-state index in [2.05, 4.69) is 20.8 Å². The average Bonchev–Trinajstić information content (AvgIpc) is 1.88. The number of rotatable bonds is 4. The second-order valence-electron chi connectivity index (χ2n) is 3.08. The van der Waals surface area contributed by atoms with Gasteiger partial charge in [-0.1, -0.05) is 27.2 Å². The Morgan fingerprint density at radius 1 is 1.30 bits per heavy atom. The molecule has 0 rings (SSSR count). The third-order valence-electron chi connectivity index (χ3n) is 2.33. The van der Waals surface area contributed by atoms with Gasteiger partial charge in [0.2, 0.25) is 0 Å². The zero-order valence-electron chi connectivity index (χ0n) is 7.57. The number of nitrogens with one attached hydrogen (secondary N) is 1. The predicted molar refractivity (Wildman–Crippen MR) is 46.6 cm³/mol. The fraction of sp³-hybridized carbons (Fsp3) is 0.889. The molecule has 0 bridgehead atoms. The zero-order valence-corrected chi connectivity index (χ0v) is 7.57. The maximum Gasteiger partial charge on any atom is 0.00916 e. The molecule has 0 aromatic rings. The van der Waals surface area contributed by atoms with Gasteiger partial charge in [0.25, 0.3) is 0 Å². The van der Waals surface area contributed by atoms with Crippen LogP contribution in [0.25, 0.3) is 0 Å². The molecule has 60 valence electrons. The molecule has 0 fully saturated rings. The van der Waals surface area contributed by atoms with Crippen LogP contribution in [0.2, 0.25) is 0 Å². The molecule has 0 aliphatic rings. The molecular weight excluding hydrogens is 122 g/mol. The van der Waals surface area contributed by atoms with Gasteiger partial charge in [-0.25, -0.2) is 0 Å². The lowest BCUT2D eigenvalue weighted by Crippen LogP contribution is -2.17. The van der Waals surface area contributed by atoms with Crippen LogP contribution < -0.4 is 0 Å². The summed E-state index contributed by atoms with van der Waals surface area (Å²) in [6.07, 6.45) is 2.30. The van der Waals surface area contributed by atoms with E-state index in [-0.39, 0.29) is 0 Å². The van der Waals surface area contributed by atoms with E-state index in [1.54, 1.807) is 0 Å². The van der Waals surface area contributed by atoms with Crippen LogP contribution in [-0.2, 0) is 0 Å². The molecule has 2 atom stereocenters. The van der Waals surface area contributed by atoms with Crippen molar-refractivity contribution in [1.29, 1.82) is 5.41 Å². The van der Waals surface area contributed by atoms with Gasteiger partial charge in [-0.15, -0.1) is 0 Å². The first-order valence-electron chi connectivity index (χ1n) is 4.18. The van der Waals surface area contributed by atoms with Crippen molar-refractivity contribution in [2.24, 2.45) is 11.8 Å². The molecule has 0 amide bonds. The van der Waals surface area contributed by atoms with E-state index < -0.39 is 0 Å². The van der Waals surface area contributed by atoms with E-state index in [0.717, 1.165) is 12.1 Å². The Balaban J connectivity index is 3.92. The Morgan fingerprint density at radius 3 is 1.90 bits per heavy atom. The van der Waals surface area contributed by atoms with Crippen molar-refractivity contribution in [3.63, 3.8) is 0 Å².